The van der Waals surface area contributed by atoms with Crippen molar-refractivity contribution in [3.05, 3.63) is 133 Å². The highest BCUT2D eigenvalue weighted by Gasteiger charge is 2.19. The number of nitrogens with zero attached hydrogens (tertiary/aromatic N) is 2. The first kappa shape index (κ1) is 27.7. The Morgan fingerprint density at radius 1 is 0.927 bits per heavy atom. The van der Waals surface area contributed by atoms with Gasteiger partial charge in [0.2, 0.25) is 5.91 Å². The van der Waals surface area contributed by atoms with Crippen LogP contribution in [0.1, 0.15) is 27.2 Å². The van der Waals surface area contributed by atoms with Gasteiger partial charge in [0, 0.05) is 22.8 Å². The first-order valence-electron chi connectivity index (χ1n) is 13.0. The van der Waals surface area contributed by atoms with E-state index in [1.54, 1.807) is 30.3 Å². The maximum absolute atomic E-state index is 13.6. The summed E-state index contributed by atoms with van der Waals surface area (Å²) in [5.41, 5.74) is 1.54. The number of furan rings is 1. The van der Waals surface area contributed by atoms with Gasteiger partial charge in [-0.15, -0.1) is 0 Å². The van der Waals surface area contributed by atoms with Gasteiger partial charge in [-0.25, -0.2) is 4.79 Å². The molecule has 41 heavy (non-hydrogen) atoms. The second kappa shape index (κ2) is 12.1. The van der Waals surface area contributed by atoms with Crippen LogP contribution in [-0.2, 0) is 24.3 Å². The van der Waals surface area contributed by atoms with E-state index in [1.807, 2.05) is 37.3 Å². The first-order valence-corrected chi connectivity index (χ1v) is 13.4. The van der Waals surface area contributed by atoms with Gasteiger partial charge in [-0.2, -0.15) is 0 Å². The van der Waals surface area contributed by atoms with Gasteiger partial charge in [0.25, 0.3) is 11.5 Å². The molecule has 0 aliphatic heterocycles. The van der Waals surface area contributed by atoms with Crippen molar-refractivity contribution in [3.8, 4) is 0 Å². The van der Waals surface area contributed by atoms with Crippen LogP contribution in [0, 0.1) is 6.92 Å². The summed E-state index contributed by atoms with van der Waals surface area (Å²) in [6.45, 7) is 1.70. The van der Waals surface area contributed by atoms with Crippen LogP contribution in [0.25, 0.3) is 10.9 Å². The summed E-state index contributed by atoms with van der Waals surface area (Å²) in [7, 11) is 0. The molecular formula is C31H27ClN4O5. The van der Waals surface area contributed by atoms with Crippen molar-refractivity contribution in [2.75, 3.05) is 11.9 Å². The maximum Gasteiger partial charge on any atom is 0.332 e. The molecule has 2 heterocycles. The van der Waals surface area contributed by atoms with E-state index in [1.165, 1.54) is 29.0 Å². The molecule has 3 aromatic carbocycles. The summed E-state index contributed by atoms with van der Waals surface area (Å²) in [4.78, 5) is 53.2. The lowest BCUT2D eigenvalue weighted by atomic mass is 10.1. The van der Waals surface area contributed by atoms with Crippen LogP contribution in [-0.4, -0.2) is 27.5 Å². The van der Waals surface area contributed by atoms with Gasteiger partial charge < -0.3 is 15.1 Å². The number of benzene rings is 3. The normalized spacial score (nSPS) is 11.0. The Morgan fingerprint density at radius 2 is 1.73 bits per heavy atom. The topological polar surface area (TPSA) is 115 Å². The number of carbonyl (C=O) groups excluding carboxylic acids is 2. The fraction of sp³-hybridized carbons (Fsp3) is 0.161. The van der Waals surface area contributed by atoms with E-state index in [2.05, 4.69) is 10.6 Å². The molecular weight excluding hydrogens is 544 g/mol. The Labute approximate surface area is 240 Å². The second-order valence-corrected chi connectivity index (χ2v) is 10.0. The molecule has 10 heteroatoms. The van der Waals surface area contributed by atoms with Gasteiger partial charge in [0.05, 0.1) is 23.7 Å². The molecule has 0 fully saturated rings. The summed E-state index contributed by atoms with van der Waals surface area (Å²) >= 11 is 6.10. The van der Waals surface area contributed by atoms with Gasteiger partial charge in [-0.3, -0.25) is 23.5 Å². The van der Waals surface area contributed by atoms with Crippen molar-refractivity contribution in [2.45, 2.75) is 26.4 Å². The molecule has 2 N–H and O–H groups in total. The molecule has 0 spiro atoms. The van der Waals surface area contributed by atoms with E-state index in [0.29, 0.717) is 29.4 Å². The average molecular weight is 571 g/mol. The Kier molecular flexibility index (Phi) is 8.16. The molecule has 208 valence electrons. The minimum absolute atomic E-state index is 0.114. The fourth-order valence-electron chi connectivity index (χ4n) is 4.54. The molecule has 0 atom stereocenters. The number of halogens is 1. The number of anilines is 1. The van der Waals surface area contributed by atoms with Crippen molar-refractivity contribution in [2.24, 2.45) is 0 Å². The minimum Gasteiger partial charge on any atom is -0.467 e. The predicted octanol–water partition coefficient (Wildman–Crippen LogP) is 4.38. The Morgan fingerprint density at radius 3 is 2.49 bits per heavy atom. The smallest absolute Gasteiger partial charge is 0.332 e. The van der Waals surface area contributed by atoms with Crippen LogP contribution in [0.5, 0.6) is 0 Å². The number of rotatable bonds is 9. The molecule has 0 saturated carbocycles. The number of nitrogens with one attached hydrogen (secondary N) is 2. The van der Waals surface area contributed by atoms with Crippen LogP contribution in [0.15, 0.2) is 99.1 Å². The van der Waals surface area contributed by atoms with Crippen LogP contribution in [0.3, 0.4) is 0 Å². The summed E-state index contributed by atoms with van der Waals surface area (Å²) < 4.78 is 7.55. The van der Waals surface area contributed by atoms with Crippen LogP contribution < -0.4 is 21.9 Å². The molecule has 5 aromatic rings. The summed E-state index contributed by atoms with van der Waals surface area (Å²) in [5.74, 6) is -0.455. The lowest BCUT2D eigenvalue weighted by Crippen LogP contribution is -2.42. The average Bonchev–Trinajstić information content (AvgIpc) is 3.49. The third-order valence-corrected chi connectivity index (χ3v) is 6.93. The van der Waals surface area contributed by atoms with Crippen LogP contribution >= 0.6 is 11.6 Å². The van der Waals surface area contributed by atoms with Gasteiger partial charge in [0.15, 0.2) is 0 Å². The van der Waals surface area contributed by atoms with Gasteiger partial charge in [0.1, 0.15) is 12.3 Å². The van der Waals surface area contributed by atoms with Crippen LogP contribution in [0.4, 0.5) is 5.69 Å². The second-order valence-electron chi connectivity index (χ2n) is 9.57. The minimum atomic E-state index is -0.710. The maximum atomic E-state index is 13.6. The monoisotopic (exact) mass is 570 g/mol. The molecule has 0 aliphatic carbocycles. The standard InChI is InChI=1S/C31H27ClN4O5/c1-20-9-11-23(32)17-26(20)34-28(37)19-35-27-16-22(29(38)33-14-13-21-6-3-2-4-7-21)10-12-25(27)30(39)36(31(35)40)18-24-8-5-15-41-24/h2-12,15-17H,13-14,18-19H2,1H3,(H,33,38)(H,34,37). The number of hydrogen-bond acceptors (Lipinski definition) is 5. The largest absolute Gasteiger partial charge is 0.467 e. The van der Waals surface area contributed by atoms with E-state index in [4.69, 9.17) is 16.0 Å². The third-order valence-electron chi connectivity index (χ3n) is 6.70. The summed E-state index contributed by atoms with van der Waals surface area (Å²) in [6, 6.07) is 22.6. The fourth-order valence-corrected chi connectivity index (χ4v) is 4.71. The first-order chi connectivity index (χ1) is 19.8. The number of aryl methyl sites for hydroxylation is 1. The van der Waals surface area contributed by atoms with Gasteiger partial charge >= 0.3 is 5.69 Å². The zero-order valence-electron chi connectivity index (χ0n) is 22.2. The Bertz CT molecular complexity index is 1840. The molecule has 0 bridgehead atoms. The predicted molar refractivity (Wildman–Crippen MR) is 158 cm³/mol. The van der Waals surface area contributed by atoms with Crippen LogP contribution in [0.2, 0.25) is 5.02 Å². The third kappa shape index (κ3) is 6.31. The number of aromatic nitrogens is 2. The molecule has 0 unspecified atom stereocenters. The van der Waals surface area contributed by atoms with Crippen molar-refractivity contribution < 1.29 is 14.0 Å². The van der Waals surface area contributed by atoms with E-state index < -0.39 is 23.7 Å². The molecule has 2 aromatic heterocycles. The highest BCUT2D eigenvalue weighted by Crippen LogP contribution is 2.20. The molecule has 0 aliphatic rings. The quantitative estimate of drug-likeness (QED) is 0.273. The van der Waals surface area contributed by atoms with Gasteiger partial charge in [-0.05, 0) is 66.9 Å². The molecule has 9 nitrogen and oxygen atoms in total. The number of carbonyl (C=O) groups is 2. The zero-order chi connectivity index (χ0) is 28.9. The SMILES string of the molecule is Cc1ccc(Cl)cc1NC(=O)Cn1c(=O)n(Cc2ccco2)c(=O)c2ccc(C(=O)NCCc3ccccc3)cc21. The number of fused-ring (bicyclic) bond motifs is 1. The van der Waals surface area contributed by atoms with Crippen molar-refractivity contribution in [1.29, 1.82) is 0 Å². The molecule has 5 rings (SSSR count). The van der Waals surface area contributed by atoms with E-state index in [0.717, 1.165) is 15.7 Å². The molecule has 0 radical (unpaired) electrons. The summed E-state index contributed by atoms with van der Waals surface area (Å²) in [6.07, 6.45) is 2.09. The highest BCUT2D eigenvalue weighted by atomic mass is 35.5. The van der Waals surface area contributed by atoms with E-state index in [-0.39, 0.29) is 28.9 Å². The molecule has 0 saturated heterocycles. The van der Waals surface area contributed by atoms with Gasteiger partial charge in [-0.1, -0.05) is 48.0 Å². The van der Waals surface area contributed by atoms with Crippen molar-refractivity contribution in [1.82, 2.24) is 14.5 Å². The Hall–Kier alpha value is -4.89. The molecule has 2 amide bonds. The van der Waals surface area contributed by atoms with E-state index >= 15 is 0 Å². The number of hydrogen-bond donors (Lipinski definition) is 2. The summed E-state index contributed by atoms with van der Waals surface area (Å²) in [5, 5.41) is 6.29. The Balaban J connectivity index is 1.49. The van der Waals surface area contributed by atoms with E-state index in [9.17, 15) is 19.2 Å². The zero-order valence-corrected chi connectivity index (χ0v) is 23.0. The van der Waals surface area contributed by atoms with Crippen molar-refractivity contribution in [3.63, 3.8) is 0 Å². The highest BCUT2D eigenvalue weighted by molar-refractivity contribution is 6.31. The van der Waals surface area contributed by atoms with Crippen molar-refractivity contribution >= 4 is 40.0 Å². The number of amides is 2. The lowest BCUT2D eigenvalue weighted by molar-refractivity contribution is -0.116. The lowest BCUT2D eigenvalue weighted by Gasteiger charge is -2.15.